The van der Waals surface area contributed by atoms with E-state index in [9.17, 15) is 14.0 Å². The van der Waals surface area contributed by atoms with Crippen molar-refractivity contribution in [2.75, 3.05) is 17.2 Å². The lowest BCUT2D eigenvalue weighted by atomic mass is 10.1. The van der Waals surface area contributed by atoms with Crippen LogP contribution in [0.3, 0.4) is 0 Å². The quantitative estimate of drug-likeness (QED) is 0.431. The SMILES string of the molecule is O=C(CCNC(=O)Nc1ccccc1)Nc1c(-c2ccc(F)cc2)nc2sccn12. The van der Waals surface area contributed by atoms with E-state index in [1.54, 1.807) is 34.9 Å². The van der Waals surface area contributed by atoms with Crippen molar-refractivity contribution in [1.29, 1.82) is 0 Å². The molecule has 2 aromatic heterocycles. The number of para-hydroxylation sites is 1. The highest BCUT2D eigenvalue weighted by Gasteiger charge is 2.17. The van der Waals surface area contributed by atoms with Crippen LogP contribution in [0.5, 0.6) is 0 Å². The minimum atomic E-state index is -0.384. The largest absolute Gasteiger partial charge is 0.337 e. The summed E-state index contributed by atoms with van der Waals surface area (Å²) in [6.07, 6.45) is 1.89. The van der Waals surface area contributed by atoms with E-state index >= 15 is 0 Å². The van der Waals surface area contributed by atoms with Crippen LogP contribution >= 0.6 is 11.3 Å². The zero-order valence-corrected chi connectivity index (χ0v) is 16.6. The first kappa shape index (κ1) is 19.6. The first-order chi connectivity index (χ1) is 14.6. The van der Waals surface area contributed by atoms with Gasteiger partial charge in [0, 0.05) is 35.8 Å². The fraction of sp³-hybridized carbons (Fsp3) is 0.0952. The summed E-state index contributed by atoms with van der Waals surface area (Å²) in [5, 5.41) is 10.1. The molecule has 3 N–H and O–H groups in total. The van der Waals surface area contributed by atoms with E-state index in [-0.39, 0.29) is 30.7 Å². The van der Waals surface area contributed by atoms with Crippen molar-refractivity contribution in [3.63, 3.8) is 0 Å². The molecule has 3 amide bonds. The molecular weight excluding hydrogens is 405 g/mol. The predicted molar refractivity (Wildman–Crippen MR) is 115 cm³/mol. The van der Waals surface area contributed by atoms with Gasteiger partial charge in [-0.05, 0) is 36.4 Å². The Morgan fingerprint density at radius 2 is 1.80 bits per heavy atom. The topological polar surface area (TPSA) is 87.5 Å². The molecule has 152 valence electrons. The number of fused-ring (bicyclic) bond motifs is 1. The summed E-state index contributed by atoms with van der Waals surface area (Å²) < 4.78 is 15.0. The van der Waals surface area contributed by atoms with Crippen LogP contribution in [0.4, 0.5) is 20.7 Å². The number of carbonyl (C=O) groups is 2. The Morgan fingerprint density at radius 1 is 1.03 bits per heavy atom. The molecule has 4 rings (SSSR count). The van der Waals surface area contributed by atoms with Crippen molar-refractivity contribution in [1.82, 2.24) is 14.7 Å². The van der Waals surface area contributed by atoms with Crippen molar-refractivity contribution >= 4 is 39.7 Å². The van der Waals surface area contributed by atoms with Gasteiger partial charge in [0.25, 0.3) is 0 Å². The van der Waals surface area contributed by atoms with Crippen molar-refractivity contribution in [2.24, 2.45) is 0 Å². The van der Waals surface area contributed by atoms with Gasteiger partial charge >= 0.3 is 6.03 Å². The van der Waals surface area contributed by atoms with E-state index < -0.39 is 0 Å². The van der Waals surface area contributed by atoms with Gasteiger partial charge in [-0.25, -0.2) is 14.2 Å². The lowest BCUT2D eigenvalue weighted by molar-refractivity contribution is -0.116. The number of carbonyl (C=O) groups excluding carboxylic acids is 2. The number of amides is 3. The number of urea groups is 1. The van der Waals surface area contributed by atoms with Gasteiger partial charge in [-0.15, -0.1) is 11.3 Å². The van der Waals surface area contributed by atoms with E-state index in [1.807, 2.05) is 23.6 Å². The highest BCUT2D eigenvalue weighted by Crippen LogP contribution is 2.30. The number of hydrogen-bond donors (Lipinski definition) is 3. The molecule has 0 fully saturated rings. The number of halogens is 1. The first-order valence-corrected chi connectivity index (χ1v) is 10.1. The third-order valence-corrected chi connectivity index (χ3v) is 5.06. The summed E-state index contributed by atoms with van der Waals surface area (Å²) in [5.74, 6) is -0.104. The zero-order valence-electron chi connectivity index (χ0n) is 15.8. The summed E-state index contributed by atoms with van der Waals surface area (Å²) >= 11 is 1.43. The Kier molecular flexibility index (Phi) is 5.71. The molecule has 9 heteroatoms. The van der Waals surface area contributed by atoms with Gasteiger partial charge in [0.2, 0.25) is 5.91 Å². The monoisotopic (exact) mass is 423 g/mol. The van der Waals surface area contributed by atoms with Gasteiger partial charge in [-0.1, -0.05) is 18.2 Å². The summed E-state index contributed by atoms with van der Waals surface area (Å²) in [7, 11) is 0. The van der Waals surface area contributed by atoms with E-state index in [1.165, 1.54) is 23.5 Å². The number of thiazole rings is 1. The molecule has 2 heterocycles. The number of aromatic nitrogens is 2. The Hall–Kier alpha value is -3.72. The van der Waals surface area contributed by atoms with E-state index in [0.29, 0.717) is 27.7 Å². The molecular formula is C21H18FN5O2S. The smallest absolute Gasteiger partial charge is 0.319 e. The Labute approximate surface area is 175 Å². The van der Waals surface area contributed by atoms with Crippen LogP contribution < -0.4 is 16.0 Å². The second-order valence-corrected chi connectivity index (χ2v) is 7.29. The van der Waals surface area contributed by atoms with Crippen molar-refractivity contribution < 1.29 is 14.0 Å². The molecule has 0 atom stereocenters. The maximum Gasteiger partial charge on any atom is 0.319 e. The lowest BCUT2D eigenvalue weighted by Gasteiger charge is -2.09. The molecule has 2 aromatic carbocycles. The number of imidazole rings is 1. The second kappa shape index (κ2) is 8.75. The molecule has 30 heavy (non-hydrogen) atoms. The summed E-state index contributed by atoms with van der Waals surface area (Å²) in [6, 6.07) is 14.6. The molecule has 4 aromatic rings. The minimum absolute atomic E-state index is 0.0858. The normalized spacial score (nSPS) is 10.7. The van der Waals surface area contributed by atoms with E-state index in [2.05, 4.69) is 20.9 Å². The highest BCUT2D eigenvalue weighted by molar-refractivity contribution is 7.15. The minimum Gasteiger partial charge on any atom is -0.337 e. The molecule has 7 nitrogen and oxygen atoms in total. The summed E-state index contributed by atoms with van der Waals surface area (Å²) in [5.41, 5.74) is 1.93. The molecule has 0 saturated carbocycles. The van der Waals surface area contributed by atoms with Gasteiger partial charge in [0.1, 0.15) is 17.3 Å². The van der Waals surface area contributed by atoms with Crippen molar-refractivity contribution in [2.45, 2.75) is 6.42 Å². The Morgan fingerprint density at radius 3 is 2.57 bits per heavy atom. The van der Waals surface area contributed by atoms with Gasteiger partial charge in [0.05, 0.1) is 0 Å². The van der Waals surface area contributed by atoms with Gasteiger partial charge in [-0.2, -0.15) is 0 Å². The van der Waals surface area contributed by atoms with Crippen molar-refractivity contribution in [3.8, 4) is 11.3 Å². The number of anilines is 2. The van der Waals surface area contributed by atoms with Crippen LogP contribution in [-0.4, -0.2) is 27.9 Å². The predicted octanol–water partition coefficient (Wildman–Crippen LogP) is 4.35. The standard InChI is InChI=1S/C21H18FN5O2S/c22-15-8-6-14(7-9-15)18-19(27-12-13-30-21(27)26-18)25-17(28)10-11-23-20(29)24-16-4-2-1-3-5-16/h1-9,12-13H,10-11H2,(H,25,28)(H2,23,24,29). The van der Waals surface area contributed by atoms with Crippen LogP contribution in [0, 0.1) is 5.82 Å². The molecule has 0 aliphatic heterocycles. The van der Waals surface area contributed by atoms with Crippen LogP contribution in [0.15, 0.2) is 66.2 Å². The molecule has 0 spiro atoms. The maximum atomic E-state index is 13.3. The molecule has 0 bridgehead atoms. The third kappa shape index (κ3) is 4.47. The number of hydrogen-bond acceptors (Lipinski definition) is 4. The number of nitrogens with zero attached hydrogens (tertiary/aromatic N) is 2. The molecule has 0 radical (unpaired) electrons. The number of nitrogens with one attached hydrogen (secondary N) is 3. The van der Waals surface area contributed by atoms with Crippen molar-refractivity contribution in [3.05, 3.63) is 72.0 Å². The average molecular weight is 423 g/mol. The van der Waals surface area contributed by atoms with Crippen LogP contribution in [0.2, 0.25) is 0 Å². The van der Waals surface area contributed by atoms with Gasteiger partial charge in [-0.3, -0.25) is 9.20 Å². The average Bonchev–Trinajstić information content (AvgIpc) is 3.32. The molecule has 0 saturated heterocycles. The van der Waals surface area contributed by atoms with E-state index in [4.69, 9.17) is 0 Å². The van der Waals surface area contributed by atoms with Gasteiger partial charge in [0.15, 0.2) is 4.96 Å². The fourth-order valence-corrected chi connectivity index (χ4v) is 3.61. The highest BCUT2D eigenvalue weighted by atomic mass is 32.1. The Bertz CT molecular complexity index is 1170. The Balaban J connectivity index is 1.39. The summed E-state index contributed by atoms with van der Waals surface area (Å²) in [6.45, 7) is 0.169. The molecule has 0 aliphatic carbocycles. The first-order valence-electron chi connectivity index (χ1n) is 9.21. The third-order valence-electron chi connectivity index (χ3n) is 4.31. The van der Waals surface area contributed by atoms with Crippen LogP contribution in [-0.2, 0) is 4.79 Å². The lowest BCUT2D eigenvalue weighted by Crippen LogP contribution is -2.31. The van der Waals surface area contributed by atoms with Crippen LogP contribution in [0.1, 0.15) is 6.42 Å². The maximum absolute atomic E-state index is 13.3. The summed E-state index contributed by atoms with van der Waals surface area (Å²) in [4.78, 5) is 29.7. The van der Waals surface area contributed by atoms with E-state index in [0.717, 1.165) is 0 Å². The molecule has 0 unspecified atom stereocenters. The fourth-order valence-electron chi connectivity index (χ4n) is 2.90. The zero-order chi connectivity index (χ0) is 20.9. The van der Waals surface area contributed by atoms with Crippen LogP contribution in [0.25, 0.3) is 16.2 Å². The van der Waals surface area contributed by atoms with Gasteiger partial charge < -0.3 is 16.0 Å². The second-order valence-electron chi connectivity index (χ2n) is 6.42. The number of benzene rings is 2. The number of rotatable bonds is 6. The molecule has 0 aliphatic rings.